The molecule has 0 aliphatic carbocycles. The Morgan fingerprint density at radius 1 is 1.26 bits per heavy atom. The van der Waals surface area contributed by atoms with Crippen LogP contribution < -0.4 is 5.32 Å². The van der Waals surface area contributed by atoms with Crippen LogP contribution >= 0.6 is 0 Å². The lowest BCUT2D eigenvalue weighted by atomic mass is 10.2. The molecule has 10 heteroatoms. The quantitative estimate of drug-likeness (QED) is 0.623. The van der Waals surface area contributed by atoms with E-state index in [1.54, 1.807) is 27.7 Å². The second kappa shape index (κ2) is 9.38. The number of alkyl carbamates (subject to hydrolysis) is 1. The minimum atomic E-state index is -3.12. The first-order valence-corrected chi connectivity index (χ1v) is 10.8. The molecule has 9 nitrogen and oxygen atoms in total. The predicted molar refractivity (Wildman–Crippen MR) is 98.9 cm³/mol. The number of carbonyl (C=O) groups is 3. The van der Waals surface area contributed by atoms with Gasteiger partial charge in [0.05, 0.1) is 17.9 Å². The van der Waals surface area contributed by atoms with Gasteiger partial charge in [-0.15, -0.1) is 0 Å². The molecule has 1 heterocycles. The third kappa shape index (κ3) is 8.15. The number of nitrogens with one attached hydrogen (secondary N) is 1. The molecular weight excluding hydrogens is 376 g/mol. The fourth-order valence-electron chi connectivity index (χ4n) is 2.74. The van der Waals surface area contributed by atoms with E-state index in [1.165, 1.54) is 11.8 Å². The van der Waals surface area contributed by atoms with Gasteiger partial charge in [0.15, 0.2) is 15.9 Å². The first-order valence-electron chi connectivity index (χ1n) is 9.02. The summed E-state index contributed by atoms with van der Waals surface area (Å²) in [5, 5.41) is 2.44. The molecule has 2 amide bonds. The van der Waals surface area contributed by atoms with Crippen molar-refractivity contribution < 1.29 is 32.3 Å². The second-order valence-corrected chi connectivity index (χ2v) is 9.72. The van der Waals surface area contributed by atoms with Crippen LogP contribution in [0, 0.1) is 0 Å². The predicted octanol–water partition coefficient (Wildman–Crippen LogP) is 0.869. The smallest absolute Gasteiger partial charge is 0.407 e. The van der Waals surface area contributed by atoms with E-state index in [0.29, 0.717) is 13.0 Å². The molecule has 0 saturated carbocycles. The highest BCUT2D eigenvalue weighted by atomic mass is 32.2. The van der Waals surface area contributed by atoms with Crippen molar-refractivity contribution in [3.63, 3.8) is 0 Å². The summed E-state index contributed by atoms with van der Waals surface area (Å²) in [6.07, 6.45) is -1.38. The summed E-state index contributed by atoms with van der Waals surface area (Å²) in [4.78, 5) is 37.3. The average molecular weight is 407 g/mol. The van der Waals surface area contributed by atoms with Crippen molar-refractivity contribution >= 4 is 27.8 Å². The van der Waals surface area contributed by atoms with Crippen molar-refractivity contribution in [3.05, 3.63) is 0 Å². The maximum absolute atomic E-state index is 12.5. The summed E-state index contributed by atoms with van der Waals surface area (Å²) in [5.74, 6) is -1.06. The van der Waals surface area contributed by atoms with Crippen LogP contribution in [0.15, 0.2) is 0 Å². The minimum absolute atomic E-state index is 0.0209. The van der Waals surface area contributed by atoms with Gasteiger partial charge in [-0.1, -0.05) is 0 Å². The number of hydrogen-bond acceptors (Lipinski definition) is 7. The molecule has 1 fully saturated rings. The first kappa shape index (κ1) is 23.2. The summed E-state index contributed by atoms with van der Waals surface area (Å²) < 4.78 is 33.4. The number of carbonyl (C=O) groups excluding carboxylic acids is 3. The fourth-order valence-corrected chi connectivity index (χ4v) is 4.47. The number of rotatable bonds is 7. The SMILES string of the molecule is CCN(C(=O)C(C)OC(=O)CCNC(=O)OC(C)(C)C)C1CCS(=O)(=O)C1. The van der Waals surface area contributed by atoms with Gasteiger partial charge in [-0.05, 0) is 41.0 Å². The van der Waals surface area contributed by atoms with Crippen molar-refractivity contribution in [2.24, 2.45) is 0 Å². The lowest BCUT2D eigenvalue weighted by molar-refractivity contribution is -0.159. The maximum atomic E-state index is 12.5. The average Bonchev–Trinajstić information content (AvgIpc) is 2.85. The molecule has 27 heavy (non-hydrogen) atoms. The molecule has 0 aromatic carbocycles. The summed E-state index contributed by atoms with van der Waals surface area (Å²) in [6.45, 7) is 8.74. The third-order valence-electron chi connectivity index (χ3n) is 3.93. The molecule has 1 aliphatic heterocycles. The highest BCUT2D eigenvalue weighted by molar-refractivity contribution is 7.91. The molecule has 1 rings (SSSR count). The van der Waals surface area contributed by atoms with Gasteiger partial charge in [-0.2, -0.15) is 0 Å². The van der Waals surface area contributed by atoms with Crippen LogP contribution in [-0.4, -0.2) is 73.6 Å². The Bertz CT molecular complexity index is 655. The number of nitrogens with zero attached hydrogens (tertiary/aromatic N) is 1. The zero-order chi connectivity index (χ0) is 20.8. The summed E-state index contributed by atoms with van der Waals surface area (Å²) in [7, 11) is -3.12. The molecule has 2 atom stereocenters. The van der Waals surface area contributed by atoms with Crippen molar-refractivity contribution in [3.8, 4) is 0 Å². The van der Waals surface area contributed by atoms with E-state index >= 15 is 0 Å². The standard InChI is InChI=1S/C17H30N2O7S/c1-6-19(13-8-10-27(23,24)11-13)15(21)12(2)25-14(20)7-9-18-16(22)26-17(3,4)5/h12-13H,6-11H2,1-5H3,(H,18,22). The Balaban J connectivity index is 2.45. The van der Waals surface area contributed by atoms with E-state index in [0.717, 1.165) is 0 Å². The number of esters is 1. The summed E-state index contributed by atoms with van der Waals surface area (Å²) in [5.41, 5.74) is -0.636. The van der Waals surface area contributed by atoms with E-state index in [9.17, 15) is 22.8 Å². The highest BCUT2D eigenvalue weighted by Gasteiger charge is 2.36. The van der Waals surface area contributed by atoms with Gasteiger partial charge in [-0.3, -0.25) is 9.59 Å². The van der Waals surface area contributed by atoms with Crippen LogP contribution in [-0.2, 0) is 28.9 Å². The first-order chi connectivity index (χ1) is 12.3. The fraction of sp³-hybridized carbons (Fsp3) is 0.824. The number of likely N-dealkylation sites (N-methyl/N-ethyl adjacent to an activating group) is 1. The van der Waals surface area contributed by atoms with E-state index in [4.69, 9.17) is 9.47 Å². The summed E-state index contributed by atoms with van der Waals surface area (Å²) in [6, 6.07) is -0.387. The van der Waals surface area contributed by atoms with Gasteiger partial charge in [-0.25, -0.2) is 13.2 Å². The maximum Gasteiger partial charge on any atom is 0.407 e. The van der Waals surface area contributed by atoms with E-state index in [-0.39, 0.29) is 30.5 Å². The molecule has 0 bridgehead atoms. The van der Waals surface area contributed by atoms with Gasteiger partial charge in [0.25, 0.3) is 5.91 Å². The number of amides is 2. The van der Waals surface area contributed by atoms with E-state index in [1.807, 2.05) is 0 Å². The largest absolute Gasteiger partial charge is 0.452 e. The van der Waals surface area contributed by atoms with Crippen molar-refractivity contribution in [2.45, 2.75) is 65.2 Å². The Kier molecular flexibility index (Phi) is 8.06. The Labute approximate surface area is 160 Å². The second-order valence-electron chi connectivity index (χ2n) is 7.49. The van der Waals surface area contributed by atoms with Crippen molar-refractivity contribution in [1.82, 2.24) is 10.2 Å². The van der Waals surface area contributed by atoms with Gasteiger partial charge < -0.3 is 19.7 Å². The highest BCUT2D eigenvalue weighted by Crippen LogP contribution is 2.19. The Morgan fingerprint density at radius 2 is 1.89 bits per heavy atom. The lowest BCUT2D eigenvalue weighted by Crippen LogP contribution is -2.46. The minimum Gasteiger partial charge on any atom is -0.452 e. The van der Waals surface area contributed by atoms with Crippen LogP contribution in [0.3, 0.4) is 0 Å². The molecule has 1 aliphatic rings. The molecule has 1 saturated heterocycles. The van der Waals surface area contributed by atoms with E-state index < -0.39 is 39.5 Å². The molecule has 2 unspecified atom stereocenters. The number of hydrogen-bond donors (Lipinski definition) is 1. The van der Waals surface area contributed by atoms with Gasteiger partial charge in [0.2, 0.25) is 0 Å². The zero-order valence-corrected chi connectivity index (χ0v) is 17.4. The van der Waals surface area contributed by atoms with E-state index in [2.05, 4.69) is 5.32 Å². The Hall–Kier alpha value is -1.84. The van der Waals surface area contributed by atoms with Crippen LogP contribution in [0.1, 0.15) is 47.5 Å². The molecule has 156 valence electrons. The van der Waals surface area contributed by atoms with Gasteiger partial charge in [0, 0.05) is 19.1 Å². The third-order valence-corrected chi connectivity index (χ3v) is 5.68. The van der Waals surface area contributed by atoms with Crippen LogP contribution in [0.4, 0.5) is 4.79 Å². The molecule has 0 aromatic rings. The van der Waals surface area contributed by atoms with Gasteiger partial charge >= 0.3 is 12.1 Å². The molecule has 1 N–H and O–H groups in total. The number of sulfone groups is 1. The molecule has 0 aromatic heterocycles. The molecule has 0 radical (unpaired) electrons. The Morgan fingerprint density at radius 3 is 2.37 bits per heavy atom. The summed E-state index contributed by atoms with van der Waals surface area (Å²) >= 11 is 0. The van der Waals surface area contributed by atoms with Crippen LogP contribution in [0.5, 0.6) is 0 Å². The number of ether oxygens (including phenoxy) is 2. The van der Waals surface area contributed by atoms with Gasteiger partial charge in [0.1, 0.15) is 5.60 Å². The topological polar surface area (TPSA) is 119 Å². The van der Waals surface area contributed by atoms with Crippen LogP contribution in [0.2, 0.25) is 0 Å². The monoisotopic (exact) mass is 406 g/mol. The normalized spacial score (nSPS) is 19.8. The van der Waals surface area contributed by atoms with Crippen LogP contribution in [0.25, 0.3) is 0 Å². The molecular formula is C17H30N2O7S. The lowest BCUT2D eigenvalue weighted by Gasteiger charge is -2.29. The zero-order valence-electron chi connectivity index (χ0n) is 16.6. The van der Waals surface area contributed by atoms with Crippen molar-refractivity contribution in [1.29, 1.82) is 0 Å². The van der Waals surface area contributed by atoms with Crippen molar-refractivity contribution in [2.75, 3.05) is 24.6 Å². The molecule has 0 spiro atoms.